The highest BCUT2D eigenvalue weighted by molar-refractivity contribution is 7.09. The molecule has 0 unspecified atom stereocenters. The van der Waals surface area contributed by atoms with Crippen LogP contribution < -0.4 is 5.73 Å². The minimum atomic E-state index is -0.424. The fraction of sp³-hybridized carbons (Fsp3) is 0.545. The topological polar surface area (TPSA) is 46.3 Å². The van der Waals surface area contributed by atoms with E-state index >= 15 is 0 Å². The third kappa shape index (κ3) is 3.32. The molecule has 0 aliphatic carbocycles. The maximum atomic E-state index is 11.8. The van der Waals surface area contributed by atoms with Crippen LogP contribution in [0.1, 0.15) is 25.6 Å². The van der Waals surface area contributed by atoms with Gasteiger partial charge in [-0.15, -0.1) is 11.3 Å². The Labute approximate surface area is 94.9 Å². The number of amides is 1. The van der Waals surface area contributed by atoms with Gasteiger partial charge in [0.05, 0.1) is 12.6 Å². The first kappa shape index (κ1) is 12.2. The second-order valence-electron chi connectivity index (χ2n) is 3.93. The molecule has 0 aromatic carbocycles. The van der Waals surface area contributed by atoms with E-state index in [1.807, 2.05) is 36.3 Å². The number of carbonyl (C=O) groups excluding carboxylic acids is 1. The minimum absolute atomic E-state index is 0.0124. The van der Waals surface area contributed by atoms with Gasteiger partial charge in [0.2, 0.25) is 5.91 Å². The molecule has 1 aromatic heterocycles. The smallest absolute Gasteiger partial charge is 0.239 e. The monoisotopic (exact) mass is 226 g/mol. The first-order valence-corrected chi connectivity index (χ1v) is 5.98. The fourth-order valence-electron chi connectivity index (χ4n) is 1.35. The zero-order valence-electron chi connectivity index (χ0n) is 9.43. The molecule has 4 heteroatoms. The minimum Gasteiger partial charge on any atom is -0.334 e. The summed E-state index contributed by atoms with van der Waals surface area (Å²) in [6, 6.07) is 3.79. The molecule has 0 saturated heterocycles. The van der Waals surface area contributed by atoms with Gasteiger partial charge < -0.3 is 10.6 Å². The van der Waals surface area contributed by atoms with Crippen LogP contribution in [0.3, 0.4) is 0 Å². The molecule has 0 radical (unpaired) electrons. The Balaban J connectivity index is 2.71. The zero-order chi connectivity index (χ0) is 11.4. The Morgan fingerprint density at radius 2 is 2.20 bits per heavy atom. The van der Waals surface area contributed by atoms with Crippen molar-refractivity contribution >= 4 is 17.2 Å². The molecular weight excluding hydrogens is 208 g/mol. The van der Waals surface area contributed by atoms with Gasteiger partial charge in [-0.25, -0.2) is 0 Å². The Morgan fingerprint density at radius 3 is 2.60 bits per heavy atom. The van der Waals surface area contributed by atoms with Crippen molar-refractivity contribution in [3.63, 3.8) is 0 Å². The second kappa shape index (κ2) is 5.28. The summed E-state index contributed by atoms with van der Waals surface area (Å²) in [5.74, 6) is 0.0124. The number of rotatable bonds is 4. The number of hydrogen-bond acceptors (Lipinski definition) is 3. The van der Waals surface area contributed by atoms with Gasteiger partial charge in [-0.05, 0) is 32.2 Å². The van der Waals surface area contributed by atoms with Crippen molar-refractivity contribution in [1.29, 1.82) is 0 Å². The molecule has 1 amide bonds. The molecule has 3 nitrogen and oxygen atoms in total. The lowest BCUT2D eigenvalue weighted by Gasteiger charge is -2.27. The normalized spacial score (nSPS) is 12.9. The van der Waals surface area contributed by atoms with Crippen molar-refractivity contribution in [2.75, 3.05) is 0 Å². The maximum absolute atomic E-state index is 11.8. The Kier molecular flexibility index (Phi) is 4.29. The molecule has 0 spiro atoms. The van der Waals surface area contributed by atoms with Crippen molar-refractivity contribution in [3.8, 4) is 0 Å². The Hall–Kier alpha value is -0.870. The SMILES string of the molecule is CC(C)N(Cc1cccs1)C(=O)[C@H](C)N. The second-order valence-corrected chi connectivity index (χ2v) is 4.96. The summed E-state index contributed by atoms with van der Waals surface area (Å²) >= 11 is 1.66. The predicted molar refractivity (Wildman–Crippen MR) is 63.7 cm³/mol. The molecule has 1 aromatic rings. The maximum Gasteiger partial charge on any atom is 0.239 e. The molecule has 15 heavy (non-hydrogen) atoms. The van der Waals surface area contributed by atoms with E-state index in [4.69, 9.17) is 5.73 Å². The van der Waals surface area contributed by atoms with Gasteiger partial charge in [0.15, 0.2) is 0 Å². The summed E-state index contributed by atoms with van der Waals surface area (Å²) in [5.41, 5.74) is 5.62. The van der Waals surface area contributed by atoms with E-state index in [2.05, 4.69) is 0 Å². The van der Waals surface area contributed by atoms with E-state index in [0.29, 0.717) is 6.54 Å². The van der Waals surface area contributed by atoms with Gasteiger partial charge >= 0.3 is 0 Å². The summed E-state index contributed by atoms with van der Waals surface area (Å²) in [4.78, 5) is 14.8. The van der Waals surface area contributed by atoms with Gasteiger partial charge in [0.25, 0.3) is 0 Å². The molecule has 2 N–H and O–H groups in total. The predicted octanol–water partition coefficient (Wildman–Crippen LogP) is 1.83. The number of carbonyl (C=O) groups is 1. The summed E-state index contributed by atoms with van der Waals surface area (Å²) < 4.78 is 0. The van der Waals surface area contributed by atoms with Crippen LogP contribution >= 0.6 is 11.3 Å². The van der Waals surface area contributed by atoms with Crippen LogP contribution in [0.25, 0.3) is 0 Å². The van der Waals surface area contributed by atoms with E-state index in [1.54, 1.807) is 18.3 Å². The average molecular weight is 226 g/mol. The molecule has 84 valence electrons. The van der Waals surface area contributed by atoms with Crippen LogP contribution in [0, 0.1) is 0 Å². The van der Waals surface area contributed by atoms with E-state index in [-0.39, 0.29) is 11.9 Å². The molecular formula is C11H18N2OS. The lowest BCUT2D eigenvalue weighted by molar-refractivity contribution is -0.134. The van der Waals surface area contributed by atoms with E-state index in [1.165, 1.54) is 4.88 Å². The summed E-state index contributed by atoms with van der Waals surface area (Å²) in [6.45, 7) is 6.41. The van der Waals surface area contributed by atoms with Crippen LogP contribution in [-0.4, -0.2) is 22.9 Å². The van der Waals surface area contributed by atoms with E-state index in [0.717, 1.165) is 0 Å². The fourth-order valence-corrected chi connectivity index (χ4v) is 2.05. The summed E-state index contributed by atoms with van der Waals surface area (Å²) in [7, 11) is 0. The first-order chi connectivity index (χ1) is 7.02. The Morgan fingerprint density at radius 1 is 1.53 bits per heavy atom. The van der Waals surface area contributed by atoms with Gasteiger partial charge in [0, 0.05) is 10.9 Å². The molecule has 0 bridgehead atoms. The average Bonchev–Trinajstić information content (AvgIpc) is 2.64. The molecule has 1 rings (SSSR count). The summed E-state index contributed by atoms with van der Waals surface area (Å²) in [5, 5.41) is 2.02. The van der Waals surface area contributed by atoms with Crippen LogP contribution in [0.5, 0.6) is 0 Å². The highest BCUT2D eigenvalue weighted by Crippen LogP contribution is 2.14. The van der Waals surface area contributed by atoms with E-state index < -0.39 is 6.04 Å². The first-order valence-electron chi connectivity index (χ1n) is 5.10. The van der Waals surface area contributed by atoms with Crippen molar-refractivity contribution in [1.82, 2.24) is 4.90 Å². The molecule has 0 saturated carbocycles. The molecule has 0 aliphatic rings. The molecule has 0 fully saturated rings. The highest BCUT2D eigenvalue weighted by Gasteiger charge is 2.20. The van der Waals surface area contributed by atoms with Gasteiger partial charge in [-0.2, -0.15) is 0 Å². The number of nitrogens with zero attached hydrogens (tertiary/aromatic N) is 1. The third-order valence-electron chi connectivity index (χ3n) is 2.20. The standard InChI is InChI=1S/C11H18N2OS/c1-8(2)13(11(14)9(3)12)7-10-5-4-6-15-10/h4-6,8-9H,7,12H2,1-3H3/t9-/m0/s1. The van der Waals surface area contributed by atoms with Crippen molar-refractivity contribution < 1.29 is 4.79 Å². The van der Waals surface area contributed by atoms with Crippen molar-refractivity contribution in [3.05, 3.63) is 22.4 Å². The van der Waals surface area contributed by atoms with Crippen molar-refractivity contribution in [2.45, 2.75) is 39.4 Å². The molecule has 0 aliphatic heterocycles. The number of nitrogens with two attached hydrogens (primary N) is 1. The van der Waals surface area contributed by atoms with E-state index in [9.17, 15) is 4.79 Å². The molecule has 1 atom stereocenters. The zero-order valence-corrected chi connectivity index (χ0v) is 10.3. The van der Waals surface area contributed by atoms with Crippen LogP contribution in [-0.2, 0) is 11.3 Å². The van der Waals surface area contributed by atoms with Crippen LogP contribution in [0.2, 0.25) is 0 Å². The van der Waals surface area contributed by atoms with Crippen LogP contribution in [0.4, 0.5) is 0 Å². The highest BCUT2D eigenvalue weighted by atomic mass is 32.1. The van der Waals surface area contributed by atoms with Gasteiger partial charge in [-0.1, -0.05) is 6.07 Å². The van der Waals surface area contributed by atoms with Crippen LogP contribution in [0.15, 0.2) is 17.5 Å². The lowest BCUT2D eigenvalue weighted by Crippen LogP contribution is -2.44. The quantitative estimate of drug-likeness (QED) is 0.851. The van der Waals surface area contributed by atoms with Gasteiger partial charge in [-0.3, -0.25) is 4.79 Å². The third-order valence-corrected chi connectivity index (χ3v) is 3.06. The Bertz CT molecular complexity index is 306. The van der Waals surface area contributed by atoms with Gasteiger partial charge in [0.1, 0.15) is 0 Å². The number of thiophene rings is 1. The molecule has 1 heterocycles. The largest absolute Gasteiger partial charge is 0.334 e. The number of hydrogen-bond donors (Lipinski definition) is 1. The van der Waals surface area contributed by atoms with Crippen molar-refractivity contribution in [2.24, 2.45) is 5.73 Å². The summed E-state index contributed by atoms with van der Waals surface area (Å²) in [6.07, 6.45) is 0. The lowest BCUT2D eigenvalue weighted by atomic mass is 10.2.